The maximum absolute atomic E-state index is 12.5. The van der Waals surface area contributed by atoms with Gasteiger partial charge in [0.2, 0.25) is 0 Å². The van der Waals surface area contributed by atoms with Crippen molar-refractivity contribution in [1.82, 2.24) is 15.1 Å². The third-order valence-electron chi connectivity index (χ3n) is 3.92. The Morgan fingerprint density at radius 3 is 2.64 bits per heavy atom. The molecule has 2 aromatic heterocycles. The first-order chi connectivity index (χ1) is 12.1. The van der Waals surface area contributed by atoms with Gasteiger partial charge in [0.15, 0.2) is 11.5 Å². The van der Waals surface area contributed by atoms with Gasteiger partial charge in [-0.3, -0.25) is 9.59 Å². The highest BCUT2D eigenvalue weighted by atomic mass is 16.3. The van der Waals surface area contributed by atoms with E-state index in [9.17, 15) is 9.59 Å². The van der Waals surface area contributed by atoms with Crippen LogP contribution < -0.4 is 5.32 Å². The summed E-state index contributed by atoms with van der Waals surface area (Å²) in [7, 11) is 0. The van der Waals surface area contributed by atoms with Gasteiger partial charge in [-0.25, -0.2) is 4.68 Å². The molecule has 3 aromatic rings. The summed E-state index contributed by atoms with van der Waals surface area (Å²) in [6.07, 6.45) is 3.17. The summed E-state index contributed by atoms with van der Waals surface area (Å²) in [5.41, 5.74) is 2.12. The molecule has 0 unspecified atom stereocenters. The highest BCUT2D eigenvalue weighted by molar-refractivity contribution is 5.97. The minimum Gasteiger partial charge on any atom is -0.461 e. The molecule has 1 N–H and O–H groups in total. The fourth-order valence-electron chi connectivity index (χ4n) is 2.63. The molecule has 1 atom stereocenters. The highest BCUT2D eigenvalue weighted by Crippen LogP contribution is 2.14. The van der Waals surface area contributed by atoms with Gasteiger partial charge < -0.3 is 9.73 Å². The molecule has 0 aliphatic heterocycles. The van der Waals surface area contributed by atoms with Crippen molar-refractivity contribution in [3.63, 3.8) is 0 Å². The normalized spacial score (nSPS) is 11.9. The first-order valence-corrected chi connectivity index (χ1v) is 8.04. The third-order valence-corrected chi connectivity index (χ3v) is 3.92. The zero-order chi connectivity index (χ0) is 17.8. The zero-order valence-electron chi connectivity index (χ0n) is 14.1. The van der Waals surface area contributed by atoms with Gasteiger partial charge in [0.25, 0.3) is 5.91 Å². The number of furan rings is 1. The number of amides is 1. The molecular weight excluding hydrogens is 318 g/mol. The van der Waals surface area contributed by atoms with Crippen molar-refractivity contribution >= 4 is 11.7 Å². The largest absolute Gasteiger partial charge is 0.461 e. The smallest absolute Gasteiger partial charge is 0.254 e. The Balaban J connectivity index is 1.67. The summed E-state index contributed by atoms with van der Waals surface area (Å²) in [6, 6.07) is 12.6. The van der Waals surface area contributed by atoms with E-state index < -0.39 is 0 Å². The maximum Gasteiger partial charge on any atom is 0.254 e. The van der Waals surface area contributed by atoms with Crippen molar-refractivity contribution in [1.29, 1.82) is 0 Å². The number of Topliss-reactive ketones (excluding diaryl/α,β-unsaturated/α-hetero) is 1. The van der Waals surface area contributed by atoms with E-state index in [1.807, 2.05) is 37.3 Å². The van der Waals surface area contributed by atoms with Gasteiger partial charge in [-0.15, -0.1) is 0 Å². The van der Waals surface area contributed by atoms with E-state index >= 15 is 0 Å². The second-order valence-corrected chi connectivity index (χ2v) is 5.87. The van der Waals surface area contributed by atoms with Crippen LogP contribution in [0.3, 0.4) is 0 Å². The molecular formula is C19H19N3O3. The standard InChI is InChI=1S/C19H19N3O3/c1-13(11-17(23)18-9-6-10-25-18)21-19(24)16-12-20-22(14(16)2)15-7-4-3-5-8-15/h3-10,12-13H,11H2,1-2H3,(H,21,24)/t13-/m0/s1. The van der Waals surface area contributed by atoms with Gasteiger partial charge in [0.1, 0.15) is 0 Å². The van der Waals surface area contributed by atoms with Crippen LogP contribution in [0.2, 0.25) is 0 Å². The second kappa shape index (κ2) is 7.17. The van der Waals surface area contributed by atoms with Crippen LogP contribution in [-0.2, 0) is 0 Å². The lowest BCUT2D eigenvalue weighted by Crippen LogP contribution is -2.34. The van der Waals surface area contributed by atoms with E-state index in [0.29, 0.717) is 11.3 Å². The van der Waals surface area contributed by atoms with E-state index in [-0.39, 0.29) is 24.2 Å². The molecule has 6 nitrogen and oxygen atoms in total. The maximum atomic E-state index is 12.5. The highest BCUT2D eigenvalue weighted by Gasteiger charge is 2.19. The number of rotatable bonds is 6. The number of hydrogen-bond acceptors (Lipinski definition) is 4. The van der Waals surface area contributed by atoms with E-state index in [1.54, 1.807) is 29.9 Å². The summed E-state index contributed by atoms with van der Waals surface area (Å²) < 4.78 is 6.80. The number of carbonyl (C=O) groups excluding carboxylic acids is 2. The molecule has 6 heteroatoms. The van der Waals surface area contributed by atoms with Crippen molar-refractivity contribution in [2.45, 2.75) is 26.3 Å². The first kappa shape index (κ1) is 16.7. The van der Waals surface area contributed by atoms with Crippen LogP contribution in [0.5, 0.6) is 0 Å². The monoisotopic (exact) mass is 337 g/mol. The van der Waals surface area contributed by atoms with Crippen LogP contribution in [0.1, 0.15) is 40.0 Å². The molecule has 1 amide bonds. The van der Waals surface area contributed by atoms with Crippen LogP contribution in [0.25, 0.3) is 5.69 Å². The molecule has 128 valence electrons. The van der Waals surface area contributed by atoms with E-state index in [1.165, 1.54) is 6.26 Å². The molecule has 0 saturated heterocycles. The van der Waals surface area contributed by atoms with E-state index in [4.69, 9.17) is 4.42 Å². The topological polar surface area (TPSA) is 77.1 Å². The van der Waals surface area contributed by atoms with Crippen molar-refractivity contribution in [2.75, 3.05) is 0 Å². The quantitative estimate of drug-likeness (QED) is 0.701. The number of carbonyl (C=O) groups is 2. The zero-order valence-corrected chi connectivity index (χ0v) is 14.1. The summed E-state index contributed by atoms with van der Waals surface area (Å²) >= 11 is 0. The molecule has 25 heavy (non-hydrogen) atoms. The predicted octanol–water partition coefficient (Wildman–Crippen LogP) is 3.17. The van der Waals surface area contributed by atoms with Crippen LogP contribution in [-0.4, -0.2) is 27.5 Å². The molecule has 0 bridgehead atoms. The average molecular weight is 337 g/mol. The van der Waals surface area contributed by atoms with Crippen molar-refractivity contribution < 1.29 is 14.0 Å². The summed E-state index contributed by atoms with van der Waals surface area (Å²) in [5.74, 6) is -0.0943. The van der Waals surface area contributed by atoms with E-state index in [0.717, 1.165) is 11.4 Å². The second-order valence-electron chi connectivity index (χ2n) is 5.87. The molecule has 2 heterocycles. The fraction of sp³-hybridized carbons (Fsp3) is 0.211. The van der Waals surface area contributed by atoms with Gasteiger partial charge >= 0.3 is 0 Å². The van der Waals surface area contributed by atoms with Crippen molar-refractivity contribution in [3.8, 4) is 5.69 Å². The molecule has 0 spiro atoms. The average Bonchev–Trinajstić information content (AvgIpc) is 3.25. The Kier molecular flexibility index (Phi) is 4.79. The van der Waals surface area contributed by atoms with E-state index in [2.05, 4.69) is 10.4 Å². The number of hydrogen-bond donors (Lipinski definition) is 1. The van der Waals surface area contributed by atoms with Gasteiger partial charge in [-0.05, 0) is 38.1 Å². The van der Waals surface area contributed by atoms with Crippen LogP contribution in [0.4, 0.5) is 0 Å². The van der Waals surface area contributed by atoms with Gasteiger partial charge in [-0.1, -0.05) is 18.2 Å². The Morgan fingerprint density at radius 2 is 1.96 bits per heavy atom. The predicted molar refractivity (Wildman–Crippen MR) is 92.9 cm³/mol. The Bertz CT molecular complexity index is 867. The lowest BCUT2D eigenvalue weighted by molar-refractivity contribution is 0.0907. The van der Waals surface area contributed by atoms with Gasteiger partial charge in [0.05, 0.1) is 29.4 Å². The first-order valence-electron chi connectivity index (χ1n) is 8.04. The van der Waals surface area contributed by atoms with Gasteiger partial charge in [-0.2, -0.15) is 5.10 Å². The lowest BCUT2D eigenvalue weighted by Gasteiger charge is -2.12. The lowest BCUT2D eigenvalue weighted by atomic mass is 10.1. The Hall–Kier alpha value is -3.15. The minimum absolute atomic E-state index is 0.144. The number of nitrogens with one attached hydrogen (secondary N) is 1. The van der Waals surface area contributed by atoms with Crippen LogP contribution >= 0.6 is 0 Å². The SMILES string of the molecule is Cc1c(C(=O)N[C@@H](C)CC(=O)c2ccco2)cnn1-c1ccccc1. The third kappa shape index (κ3) is 3.68. The van der Waals surface area contributed by atoms with Crippen molar-refractivity contribution in [3.05, 3.63) is 71.9 Å². The molecule has 3 rings (SSSR count). The summed E-state index contributed by atoms with van der Waals surface area (Å²) in [4.78, 5) is 24.5. The number of ketones is 1. The number of aromatic nitrogens is 2. The molecule has 0 aliphatic rings. The number of nitrogens with zero attached hydrogens (tertiary/aromatic N) is 2. The van der Waals surface area contributed by atoms with Crippen LogP contribution in [0.15, 0.2) is 59.3 Å². The van der Waals surface area contributed by atoms with Crippen molar-refractivity contribution in [2.24, 2.45) is 0 Å². The number of para-hydroxylation sites is 1. The molecule has 0 fully saturated rings. The summed E-state index contributed by atoms with van der Waals surface area (Å²) in [5, 5.41) is 7.13. The Morgan fingerprint density at radius 1 is 1.20 bits per heavy atom. The fourth-order valence-corrected chi connectivity index (χ4v) is 2.63. The minimum atomic E-state index is -0.315. The molecule has 0 saturated carbocycles. The number of benzene rings is 1. The molecule has 0 radical (unpaired) electrons. The molecule has 0 aliphatic carbocycles. The molecule has 1 aromatic carbocycles. The summed E-state index contributed by atoms with van der Waals surface area (Å²) in [6.45, 7) is 3.63. The van der Waals surface area contributed by atoms with Crippen LogP contribution in [0, 0.1) is 6.92 Å². The Labute approximate surface area is 145 Å². The van der Waals surface area contributed by atoms with Gasteiger partial charge in [0, 0.05) is 12.5 Å².